The molecule has 6 heteroatoms. The van der Waals surface area contributed by atoms with Crippen LogP contribution in [-0.4, -0.2) is 15.5 Å². The van der Waals surface area contributed by atoms with Crippen molar-refractivity contribution in [2.45, 2.75) is 13.5 Å². The third-order valence-electron chi connectivity index (χ3n) is 2.46. The van der Waals surface area contributed by atoms with E-state index in [4.69, 9.17) is 17.3 Å². The van der Waals surface area contributed by atoms with Crippen LogP contribution in [0.25, 0.3) is 0 Å². The van der Waals surface area contributed by atoms with Crippen molar-refractivity contribution in [1.82, 2.24) is 9.55 Å². The standard InChI is InChI=1S/C12H13ClN4O/c1-8-2-3-10(9(14)6-8)16-11(18)7-17-5-4-15-12(17)13/h2-6H,7,14H2,1H3,(H,16,18). The summed E-state index contributed by atoms with van der Waals surface area (Å²) < 4.78 is 1.54. The number of hydrogen-bond acceptors (Lipinski definition) is 3. The third-order valence-corrected chi connectivity index (χ3v) is 2.77. The normalized spacial score (nSPS) is 10.3. The molecular formula is C12H13ClN4O. The first kappa shape index (κ1) is 12.4. The Balaban J connectivity index is 2.05. The van der Waals surface area contributed by atoms with Crippen molar-refractivity contribution >= 4 is 28.9 Å². The second kappa shape index (κ2) is 5.10. The molecule has 5 nitrogen and oxygen atoms in total. The minimum Gasteiger partial charge on any atom is -0.397 e. The van der Waals surface area contributed by atoms with Crippen molar-refractivity contribution in [3.05, 3.63) is 41.4 Å². The Morgan fingerprint density at radius 3 is 2.94 bits per heavy atom. The van der Waals surface area contributed by atoms with Crippen molar-refractivity contribution in [3.8, 4) is 0 Å². The van der Waals surface area contributed by atoms with E-state index in [1.807, 2.05) is 13.0 Å². The molecule has 0 spiro atoms. The van der Waals surface area contributed by atoms with Crippen LogP contribution in [0.1, 0.15) is 5.56 Å². The van der Waals surface area contributed by atoms with Crippen molar-refractivity contribution in [2.24, 2.45) is 0 Å². The molecule has 1 aromatic carbocycles. The van der Waals surface area contributed by atoms with Crippen molar-refractivity contribution in [3.63, 3.8) is 0 Å². The number of nitrogens with zero attached hydrogens (tertiary/aromatic N) is 2. The highest BCUT2D eigenvalue weighted by atomic mass is 35.5. The summed E-state index contributed by atoms with van der Waals surface area (Å²) in [6, 6.07) is 5.47. The van der Waals surface area contributed by atoms with Crippen LogP contribution >= 0.6 is 11.6 Å². The first-order valence-corrected chi connectivity index (χ1v) is 5.76. The van der Waals surface area contributed by atoms with Gasteiger partial charge in [-0.25, -0.2) is 4.98 Å². The summed E-state index contributed by atoms with van der Waals surface area (Å²) in [4.78, 5) is 15.6. The molecular weight excluding hydrogens is 252 g/mol. The van der Waals surface area contributed by atoms with Crippen molar-refractivity contribution < 1.29 is 4.79 Å². The molecule has 2 rings (SSSR count). The topological polar surface area (TPSA) is 72.9 Å². The lowest BCUT2D eigenvalue weighted by Gasteiger charge is -2.09. The van der Waals surface area contributed by atoms with Gasteiger partial charge in [0.15, 0.2) is 0 Å². The monoisotopic (exact) mass is 264 g/mol. The first-order valence-electron chi connectivity index (χ1n) is 5.39. The Hall–Kier alpha value is -2.01. The van der Waals surface area contributed by atoms with Gasteiger partial charge in [0.05, 0.1) is 11.4 Å². The van der Waals surface area contributed by atoms with Gasteiger partial charge in [-0.15, -0.1) is 0 Å². The van der Waals surface area contributed by atoms with Crippen LogP contribution in [0.3, 0.4) is 0 Å². The van der Waals surface area contributed by atoms with Gasteiger partial charge in [-0.3, -0.25) is 4.79 Å². The maximum atomic E-state index is 11.8. The van der Waals surface area contributed by atoms with Gasteiger partial charge in [0.25, 0.3) is 0 Å². The molecule has 0 fully saturated rings. The van der Waals surface area contributed by atoms with Gasteiger partial charge in [0.1, 0.15) is 6.54 Å². The number of benzene rings is 1. The Morgan fingerprint density at radius 1 is 1.56 bits per heavy atom. The van der Waals surface area contributed by atoms with Gasteiger partial charge in [-0.05, 0) is 36.2 Å². The molecule has 0 atom stereocenters. The second-order valence-electron chi connectivity index (χ2n) is 3.96. The number of nitrogen functional groups attached to an aromatic ring is 1. The number of nitrogens with two attached hydrogens (primary N) is 1. The van der Waals surface area contributed by atoms with Crippen LogP contribution in [0.4, 0.5) is 11.4 Å². The highest BCUT2D eigenvalue weighted by Gasteiger charge is 2.08. The number of amides is 1. The number of nitrogens with one attached hydrogen (secondary N) is 1. The summed E-state index contributed by atoms with van der Waals surface area (Å²) in [5, 5.41) is 3.01. The van der Waals surface area contributed by atoms with Crippen molar-refractivity contribution in [2.75, 3.05) is 11.1 Å². The summed E-state index contributed by atoms with van der Waals surface area (Å²) in [5.74, 6) is -0.203. The van der Waals surface area contributed by atoms with E-state index in [0.29, 0.717) is 11.4 Å². The molecule has 0 bridgehead atoms. The number of aromatic nitrogens is 2. The van der Waals surface area contributed by atoms with E-state index >= 15 is 0 Å². The quantitative estimate of drug-likeness (QED) is 0.834. The SMILES string of the molecule is Cc1ccc(NC(=O)Cn2ccnc2Cl)c(N)c1. The maximum absolute atomic E-state index is 11.8. The second-order valence-corrected chi connectivity index (χ2v) is 4.30. The van der Waals surface area contributed by atoms with Gasteiger partial charge in [-0.2, -0.15) is 0 Å². The van der Waals surface area contributed by atoms with Gasteiger partial charge >= 0.3 is 0 Å². The molecule has 0 aliphatic carbocycles. The maximum Gasteiger partial charge on any atom is 0.244 e. The van der Waals surface area contributed by atoms with E-state index in [1.54, 1.807) is 22.9 Å². The fraction of sp³-hybridized carbons (Fsp3) is 0.167. The highest BCUT2D eigenvalue weighted by molar-refractivity contribution is 6.28. The first-order chi connectivity index (χ1) is 8.56. The van der Waals surface area contributed by atoms with E-state index in [1.165, 1.54) is 6.20 Å². The summed E-state index contributed by atoms with van der Waals surface area (Å²) in [5.41, 5.74) is 8.00. The van der Waals surface area contributed by atoms with Gasteiger partial charge in [0.2, 0.25) is 11.2 Å². The molecule has 1 amide bonds. The molecule has 18 heavy (non-hydrogen) atoms. The molecule has 1 heterocycles. The van der Waals surface area contributed by atoms with E-state index in [9.17, 15) is 4.79 Å². The molecule has 0 radical (unpaired) electrons. The largest absolute Gasteiger partial charge is 0.397 e. The van der Waals surface area contributed by atoms with E-state index in [0.717, 1.165) is 5.56 Å². The Kier molecular flexibility index (Phi) is 3.53. The number of carbonyl (C=O) groups is 1. The Bertz CT molecular complexity index is 579. The number of imidazole rings is 1. The van der Waals surface area contributed by atoms with E-state index in [2.05, 4.69) is 10.3 Å². The molecule has 0 aliphatic rings. The Labute approximate surface area is 110 Å². The van der Waals surface area contributed by atoms with Gasteiger partial charge < -0.3 is 15.6 Å². The van der Waals surface area contributed by atoms with E-state index < -0.39 is 0 Å². The predicted octanol–water partition coefficient (Wildman–Crippen LogP) is 2.07. The molecule has 0 saturated heterocycles. The molecule has 0 saturated carbocycles. The molecule has 0 aliphatic heterocycles. The van der Waals surface area contributed by atoms with Crippen LogP contribution in [0.15, 0.2) is 30.6 Å². The molecule has 1 aromatic heterocycles. The van der Waals surface area contributed by atoms with Crippen LogP contribution in [0, 0.1) is 6.92 Å². The zero-order chi connectivity index (χ0) is 13.1. The fourth-order valence-electron chi connectivity index (χ4n) is 1.57. The van der Waals surface area contributed by atoms with Gasteiger partial charge in [-0.1, -0.05) is 6.07 Å². The zero-order valence-corrected chi connectivity index (χ0v) is 10.6. The van der Waals surface area contributed by atoms with Crippen LogP contribution in [0.2, 0.25) is 5.28 Å². The summed E-state index contributed by atoms with van der Waals surface area (Å²) in [7, 11) is 0. The lowest BCUT2D eigenvalue weighted by Crippen LogP contribution is -2.19. The number of carbonyl (C=O) groups excluding carboxylic acids is 1. The van der Waals surface area contributed by atoms with Crippen LogP contribution < -0.4 is 11.1 Å². The molecule has 0 unspecified atom stereocenters. The van der Waals surface area contributed by atoms with Crippen molar-refractivity contribution in [1.29, 1.82) is 0 Å². The zero-order valence-electron chi connectivity index (χ0n) is 9.85. The number of hydrogen-bond donors (Lipinski definition) is 2. The number of halogens is 1. The minimum absolute atomic E-state index is 0.103. The summed E-state index contributed by atoms with van der Waals surface area (Å²) >= 11 is 5.79. The fourth-order valence-corrected chi connectivity index (χ4v) is 1.74. The molecule has 2 aromatic rings. The number of rotatable bonds is 3. The van der Waals surface area contributed by atoms with Gasteiger partial charge in [0, 0.05) is 12.4 Å². The third kappa shape index (κ3) is 2.81. The molecule has 94 valence electrons. The molecule has 3 N–H and O–H groups in total. The van der Waals surface area contributed by atoms with Crippen LogP contribution in [-0.2, 0) is 11.3 Å². The lowest BCUT2D eigenvalue weighted by atomic mass is 10.2. The average molecular weight is 265 g/mol. The summed E-state index contributed by atoms with van der Waals surface area (Å²) in [6.45, 7) is 2.04. The van der Waals surface area contributed by atoms with E-state index in [-0.39, 0.29) is 17.7 Å². The Morgan fingerprint density at radius 2 is 2.33 bits per heavy atom. The minimum atomic E-state index is -0.203. The van der Waals surface area contributed by atoms with Crippen LogP contribution in [0.5, 0.6) is 0 Å². The highest BCUT2D eigenvalue weighted by Crippen LogP contribution is 2.19. The number of aryl methyl sites for hydroxylation is 1. The summed E-state index contributed by atoms with van der Waals surface area (Å²) in [6.07, 6.45) is 3.18. The smallest absolute Gasteiger partial charge is 0.244 e. The predicted molar refractivity (Wildman–Crippen MR) is 71.5 cm³/mol. The number of anilines is 2. The lowest BCUT2D eigenvalue weighted by molar-refractivity contribution is -0.116. The average Bonchev–Trinajstić information content (AvgIpc) is 2.69.